The predicted octanol–water partition coefficient (Wildman–Crippen LogP) is 2.36. The van der Waals surface area contributed by atoms with Crippen LogP contribution in [-0.4, -0.2) is 69.0 Å². The molecule has 0 radical (unpaired) electrons. The average molecular weight is 467 g/mol. The molecule has 8 nitrogen and oxygen atoms in total. The minimum atomic E-state index is -1.44. The van der Waals surface area contributed by atoms with Crippen molar-refractivity contribution in [2.75, 3.05) is 0 Å². The van der Waals surface area contributed by atoms with Gasteiger partial charge in [0.15, 0.2) is 6.10 Å². The molecule has 1 aliphatic heterocycles. The van der Waals surface area contributed by atoms with Crippen molar-refractivity contribution in [3.8, 4) is 0 Å². The molecular formula is C25H38O8. The molecule has 2 rings (SSSR count). The summed E-state index contributed by atoms with van der Waals surface area (Å²) in [4.78, 5) is 24.9. The molecule has 0 spiro atoms. The van der Waals surface area contributed by atoms with Crippen LogP contribution in [0.2, 0.25) is 0 Å². The van der Waals surface area contributed by atoms with E-state index in [-0.39, 0.29) is 12.5 Å². The zero-order chi connectivity index (χ0) is 25.3. The van der Waals surface area contributed by atoms with Gasteiger partial charge in [0, 0.05) is 23.5 Å². The van der Waals surface area contributed by atoms with Gasteiger partial charge in [-0.05, 0) is 60.5 Å². The zero-order valence-corrected chi connectivity index (χ0v) is 20.6. The van der Waals surface area contributed by atoms with Crippen LogP contribution < -0.4 is 0 Å². The van der Waals surface area contributed by atoms with E-state index in [1.54, 1.807) is 46.8 Å². The van der Waals surface area contributed by atoms with Crippen molar-refractivity contribution in [2.24, 2.45) is 5.92 Å². The fourth-order valence-corrected chi connectivity index (χ4v) is 3.95. The fraction of sp³-hybridized carbons (Fsp3) is 0.680. The summed E-state index contributed by atoms with van der Waals surface area (Å²) in [6.45, 7) is 15.4. The van der Waals surface area contributed by atoms with Gasteiger partial charge in [-0.1, -0.05) is 18.7 Å². The number of rotatable bonds is 9. The van der Waals surface area contributed by atoms with Gasteiger partial charge in [0.25, 0.3) is 0 Å². The van der Waals surface area contributed by atoms with E-state index in [1.165, 1.54) is 13.8 Å². The Morgan fingerprint density at radius 1 is 1.21 bits per heavy atom. The summed E-state index contributed by atoms with van der Waals surface area (Å²) in [5.41, 5.74) is -1.09. The van der Waals surface area contributed by atoms with Gasteiger partial charge in [-0.15, -0.1) is 0 Å². The number of esters is 2. The molecule has 0 aromatic heterocycles. The van der Waals surface area contributed by atoms with E-state index in [4.69, 9.17) is 14.2 Å². The molecule has 0 aromatic rings. The number of hydrogen-bond donors (Lipinski definition) is 3. The van der Waals surface area contributed by atoms with Crippen molar-refractivity contribution < 1.29 is 39.1 Å². The normalized spacial score (nSPS) is 31.8. The Hall–Kier alpha value is -2.00. The predicted molar refractivity (Wildman–Crippen MR) is 122 cm³/mol. The maximum absolute atomic E-state index is 12.5. The largest absolute Gasteiger partial charge is 0.454 e. The molecule has 1 aliphatic carbocycles. The number of epoxide rings is 1. The highest BCUT2D eigenvalue weighted by Gasteiger charge is 2.67. The van der Waals surface area contributed by atoms with Gasteiger partial charge < -0.3 is 29.5 Å². The molecule has 1 saturated heterocycles. The molecule has 3 N–H and O–H groups in total. The topological polar surface area (TPSA) is 126 Å². The molecule has 0 amide bonds. The molecule has 1 heterocycles. The molecule has 2 aliphatic rings. The van der Waals surface area contributed by atoms with Crippen LogP contribution in [0.1, 0.15) is 61.3 Å². The summed E-state index contributed by atoms with van der Waals surface area (Å²) in [6.07, 6.45) is -1.05. The minimum absolute atomic E-state index is 0.112. The number of allylic oxidation sites excluding steroid dienone is 2. The third kappa shape index (κ3) is 5.93. The summed E-state index contributed by atoms with van der Waals surface area (Å²) >= 11 is 0. The zero-order valence-electron chi connectivity index (χ0n) is 20.6. The number of carbonyl (C=O) groups is 2. The second kappa shape index (κ2) is 10.1. The quantitative estimate of drug-likeness (QED) is 0.205. The van der Waals surface area contributed by atoms with Crippen molar-refractivity contribution in [1.82, 2.24) is 0 Å². The van der Waals surface area contributed by atoms with E-state index in [0.29, 0.717) is 23.1 Å². The lowest BCUT2D eigenvalue weighted by Gasteiger charge is -2.39. The Morgan fingerprint density at radius 2 is 1.76 bits per heavy atom. The smallest absolute Gasteiger partial charge is 0.333 e. The van der Waals surface area contributed by atoms with Gasteiger partial charge >= 0.3 is 11.9 Å². The third-order valence-electron chi connectivity index (χ3n) is 6.87. The van der Waals surface area contributed by atoms with Gasteiger partial charge in [-0.2, -0.15) is 0 Å². The second-order valence-corrected chi connectivity index (χ2v) is 9.77. The molecule has 0 aromatic carbocycles. The number of aliphatic hydroxyl groups is 3. The molecule has 1 saturated carbocycles. The minimum Gasteiger partial charge on any atom is -0.454 e. The first-order valence-corrected chi connectivity index (χ1v) is 11.3. The van der Waals surface area contributed by atoms with E-state index in [9.17, 15) is 24.9 Å². The van der Waals surface area contributed by atoms with Crippen molar-refractivity contribution >= 4 is 11.9 Å². The summed E-state index contributed by atoms with van der Waals surface area (Å²) in [6, 6.07) is 0. The highest BCUT2D eigenvalue weighted by molar-refractivity contribution is 5.88. The number of ether oxygens (including phenoxy) is 3. The van der Waals surface area contributed by atoms with E-state index < -0.39 is 53.5 Å². The van der Waals surface area contributed by atoms with Gasteiger partial charge in [0.1, 0.15) is 17.8 Å². The van der Waals surface area contributed by atoms with Gasteiger partial charge in [-0.3, -0.25) is 0 Å². The van der Waals surface area contributed by atoms with Crippen LogP contribution in [0.15, 0.2) is 35.5 Å². The summed E-state index contributed by atoms with van der Waals surface area (Å²) < 4.78 is 17.0. The van der Waals surface area contributed by atoms with Crippen LogP contribution in [-0.2, 0) is 23.8 Å². The number of fused-ring (bicyclic) bond motifs is 1. The molecular weight excluding hydrogens is 428 g/mol. The Balaban J connectivity index is 2.30. The number of hydrogen-bond acceptors (Lipinski definition) is 8. The van der Waals surface area contributed by atoms with Crippen molar-refractivity contribution in [2.45, 2.75) is 103 Å². The Morgan fingerprint density at radius 3 is 2.27 bits per heavy atom. The highest BCUT2D eigenvalue weighted by atomic mass is 16.7. The lowest BCUT2D eigenvalue weighted by Crippen LogP contribution is -2.52. The maximum Gasteiger partial charge on any atom is 0.333 e. The first kappa shape index (κ1) is 27.2. The molecule has 7 unspecified atom stereocenters. The standard InChI is InChI=1S/C25H38O8/c1-9-13(3)22(28)31-17(12-18(26)24(6,7)30)15(5)16-11-19-25(8,33-19)21(20(16)27)32-23(29)14(4)10-2/h9-10,16-21,26-27,30H,5,11-12H2,1-4,6-8H3. The van der Waals surface area contributed by atoms with Crippen molar-refractivity contribution in [3.05, 3.63) is 35.5 Å². The van der Waals surface area contributed by atoms with Crippen molar-refractivity contribution in [1.29, 1.82) is 0 Å². The monoisotopic (exact) mass is 466 g/mol. The first-order chi connectivity index (χ1) is 15.2. The fourth-order valence-electron chi connectivity index (χ4n) is 3.95. The van der Waals surface area contributed by atoms with Gasteiger partial charge in [0.05, 0.1) is 17.8 Å². The van der Waals surface area contributed by atoms with Crippen LogP contribution >= 0.6 is 0 Å². The van der Waals surface area contributed by atoms with E-state index in [0.717, 1.165) is 0 Å². The maximum atomic E-state index is 12.5. The van der Waals surface area contributed by atoms with Crippen molar-refractivity contribution in [3.63, 3.8) is 0 Å². The lowest BCUT2D eigenvalue weighted by atomic mass is 9.73. The molecule has 7 atom stereocenters. The molecule has 8 heteroatoms. The number of aliphatic hydroxyl groups excluding tert-OH is 2. The second-order valence-electron chi connectivity index (χ2n) is 9.77. The van der Waals surface area contributed by atoms with Crippen LogP contribution in [0.25, 0.3) is 0 Å². The van der Waals surface area contributed by atoms with Crippen LogP contribution in [0.4, 0.5) is 0 Å². The highest BCUT2D eigenvalue weighted by Crippen LogP contribution is 2.52. The van der Waals surface area contributed by atoms with Crippen LogP contribution in [0.3, 0.4) is 0 Å². The average Bonchev–Trinajstić information content (AvgIpc) is 3.43. The molecule has 33 heavy (non-hydrogen) atoms. The molecule has 0 bridgehead atoms. The SMILES string of the molecule is C=C(C(CC(O)C(C)(C)O)OC(=O)C(C)=CC)C1CC2OC2(C)C(OC(=O)C(C)=CC)C1O. The van der Waals surface area contributed by atoms with E-state index in [2.05, 4.69) is 6.58 Å². The Labute approximate surface area is 195 Å². The van der Waals surface area contributed by atoms with Crippen LogP contribution in [0, 0.1) is 5.92 Å². The van der Waals surface area contributed by atoms with Crippen LogP contribution in [0.5, 0.6) is 0 Å². The molecule has 186 valence electrons. The summed E-state index contributed by atoms with van der Waals surface area (Å²) in [5.74, 6) is -1.75. The van der Waals surface area contributed by atoms with Gasteiger partial charge in [-0.25, -0.2) is 9.59 Å². The van der Waals surface area contributed by atoms with Gasteiger partial charge in [0.2, 0.25) is 0 Å². The summed E-state index contributed by atoms with van der Waals surface area (Å²) in [5, 5.41) is 31.9. The van der Waals surface area contributed by atoms with E-state index >= 15 is 0 Å². The lowest BCUT2D eigenvalue weighted by molar-refractivity contribution is -0.160. The summed E-state index contributed by atoms with van der Waals surface area (Å²) in [7, 11) is 0. The Bertz CT molecular complexity index is 836. The Kier molecular flexibility index (Phi) is 8.33. The molecule has 2 fully saturated rings. The number of carbonyl (C=O) groups excluding carboxylic acids is 2. The first-order valence-electron chi connectivity index (χ1n) is 11.3. The van der Waals surface area contributed by atoms with E-state index in [1.807, 2.05) is 0 Å². The third-order valence-corrected chi connectivity index (χ3v) is 6.87.